The van der Waals surface area contributed by atoms with Crippen LogP contribution in [0.25, 0.3) is 0 Å². The second kappa shape index (κ2) is 6.93. The SMILES string of the molecule is CCOC(=O)c1cc(CCCCl)ccc1C#N. The molecule has 90 valence electrons. The lowest BCUT2D eigenvalue weighted by molar-refractivity contribution is 0.0526. The first kappa shape index (κ1) is 13.5. The Labute approximate surface area is 106 Å². The summed E-state index contributed by atoms with van der Waals surface area (Å²) in [5.74, 6) is 0.131. The van der Waals surface area contributed by atoms with Gasteiger partial charge in [-0.15, -0.1) is 11.6 Å². The number of benzene rings is 1. The lowest BCUT2D eigenvalue weighted by Gasteiger charge is -2.06. The number of hydrogen-bond acceptors (Lipinski definition) is 3. The first-order valence-corrected chi connectivity index (χ1v) is 6.02. The molecule has 1 aromatic carbocycles. The molecular formula is C13H14ClNO2. The minimum absolute atomic E-state index is 0.301. The Morgan fingerprint density at radius 1 is 1.53 bits per heavy atom. The highest BCUT2D eigenvalue weighted by Gasteiger charge is 2.13. The molecule has 0 aliphatic carbocycles. The van der Waals surface area contributed by atoms with Gasteiger partial charge in [0, 0.05) is 5.88 Å². The fourth-order valence-corrected chi connectivity index (χ4v) is 1.63. The summed E-state index contributed by atoms with van der Waals surface area (Å²) in [5.41, 5.74) is 1.67. The quantitative estimate of drug-likeness (QED) is 0.597. The molecule has 1 rings (SSSR count). The highest BCUT2D eigenvalue weighted by Crippen LogP contribution is 2.14. The van der Waals surface area contributed by atoms with Crippen LogP contribution < -0.4 is 0 Å². The Bertz CT molecular complexity index is 438. The molecule has 0 N–H and O–H groups in total. The van der Waals surface area contributed by atoms with Crippen LogP contribution in [0.1, 0.15) is 34.8 Å². The van der Waals surface area contributed by atoms with E-state index in [9.17, 15) is 4.79 Å². The van der Waals surface area contributed by atoms with Crippen LogP contribution in [0.15, 0.2) is 18.2 Å². The highest BCUT2D eigenvalue weighted by molar-refractivity contribution is 6.17. The zero-order valence-electron chi connectivity index (χ0n) is 9.70. The summed E-state index contributed by atoms with van der Waals surface area (Å²) in [6.07, 6.45) is 1.64. The summed E-state index contributed by atoms with van der Waals surface area (Å²) < 4.78 is 4.91. The van der Waals surface area contributed by atoms with Crippen molar-refractivity contribution in [3.63, 3.8) is 0 Å². The van der Waals surface area contributed by atoms with Crippen molar-refractivity contribution in [1.82, 2.24) is 0 Å². The van der Waals surface area contributed by atoms with Gasteiger partial charge in [-0.1, -0.05) is 6.07 Å². The molecule has 0 aliphatic heterocycles. The van der Waals surface area contributed by atoms with Gasteiger partial charge in [0.2, 0.25) is 0 Å². The van der Waals surface area contributed by atoms with Gasteiger partial charge in [-0.05, 0) is 37.5 Å². The number of rotatable bonds is 5. The molecule has 0 atom stereocenters. The molecule has 1 aromatic rings. The minimum Gasteiger partial charge on any atom is -0.462 e. The molecule has 0 unspecified atom stereocenters. The van der Waals surface area contributed by atoms with Gasteiger partial charge in [0.15, 0.2) is 0 Å². The van der Waals surface area contributed by atoms with E-state index in [1.54, 1.807) is 19.1 Å². The molecular weight excluding hydrogens is 238 g/mol. The maximum Gasteiger partial charge on any atom is 0.339 e. The zero-order chi connectivity index (χ0) is 12.7. The summed E-state index contributed by atoms with van der Waals surface area (Å²) in [5, 5.41) is 8.92. The van der Waals surface area contributed by atoms with Crippen LogP contribution in [-0.4, -0.2) is 18.5 Å². The second-order valence-electron chi connectivity index (χ2n) is 3.50. The van der Waals surface area contributed by atoms with E-state index in [1.807, 2.05) is 12.1 Å². The van der Waals surface area contributed by atoms with Crippen molar-refractivity contribution in [2.75, 3.05) is 12.5 Å². The minimum atomic E-state index is -0.447. The number of alkyl halides is 1. The highest BCUT2D eigenvalue weighted by atomic mass is 35.5. The van der Waals surface area contributed by atoms with E-state index in [0.29, 0.717) is 23.6 Å². The third kappa shape index (κ3) is 3.76. The smallest absolute Gasteiger partial charge is 0.339 e. The standard InChI is InChI=1S/C13H14ClNO2/c1-2-17-13(16)12-8-10(4-3-7-14)5-6-11(12)9-15/h5-6,8H,2-4,7H2,1H3. The average Bonchev–Trinajstić information content (AvgIpc) is 2.36. The van der Waals surface area contributed by atoms with Gasteiger partial charge in [0.1, 0.15) is 6.07 Å². The van der Waals surface area contributed by atoms with Crippen molar-refractivity contribution in [1.29, 1.82) is 5.26 Å². The molecule has 0 amide bonds. The van der Waals surface area contributed by atoms with Crippen LogP contribution in [0.4, 0.5) is 0 Å². The summed E-state index contributed by atoms with van der Waals surface area (Å²) in [4.78, 5) is 11.7. The Morgan fingerprint density at radius 3 is 2.88 bits per heavy atom. The molecule has 0 aromatic heterocycles. The van der Waals surface area contributed by atoms with E-state index in [0.717, 1.165) is 18.4 Å². The van der Waals surface area contributed by atoms with Crippen LogP contribution in [0.3, 0.4) is 0 Å². The van der Waals surface area contributed by atoms with E-state index in [-0.39, 0.29) is 0 Å². The largest absolute Gasteiger partial charge is 0.462 e. The summed E-state index contributed by atoms with van der Waals surface area (Å²) in [6.45, 7) is 2.04. The van der Waals surface area contributed by atoms with E-state index in [2.05, 4.69) is 0 Å². The van der Waals surface area contributed by atoms with Crippen molar-refractivity contribution in [3.8, 4) is 6.07 Å². The van der Waals surface area contributed by atoms with Crippen LogP contribution in [0.2, 0.25) is 0 Å². The number of carbonyl (C=O) groups excluding carboxylic acids is 1. The predicted molar refractivity (Wildman–Crippen MR) is 66.2 cm³/mol. The van der Waals surface area contributed by atoms with Gasteiger partial charge in [0.05, 0.1) is 17.7 Å². The maximum atomic E-state index is 11.7. The van der Waals surface area contributed by atoms with Crippen LogP contribution >= 0.6 is 11.6 Å². The number of carbonyl (C=O) groups is 1. The molecule has 0 saturated carbocycles. The summed E-state index contributed by atoms with van der Waals surface area (Å²) in [7, 11) is 0. The number of halogens is 1. The number of hydrogen-bond donors (Lipinski definition) is 0. The lowest BCUT2D eigenvalue weighted by Crippen LogP contribution is -2.07. The van der Waals surface area contributed by atoms with Crippen molar-refractivity contribution < 1.29 is 9.53 Å². The van der Waals surface area contributed by atoms with Gasteiger partial charge in [-0.2, -0.15) is 5.26 Å². The molecule has 0 bridgehead atoms. The Morgan fingerprint density at radius 2 is 2.29 bits per heavy atom. The molecule has 0 heterocycles. The van der Waals surface area contributed by atoms with Crippen molar-refractivity contribution >= 4 is 17.6 Å². The van der Waals surface area contributed by atoms with Crippen molar-refractivity contribution in [2.45, 2.75) is 19.8 Å². The molecule has 0 fully saturated rings. The van der Waals surface area contributed by atoms with E-state index < -0.39 is 5.97 Å². The zero-order valence-corrected chi connectivity index (χ0v) is 10.5. The number of aryl methyl sites for hydroxylation is 1. The lowest BCUT2D eigenvalue weighted by atomic mass is 10.0. The molecule has 0 saturated heterocycles. The Kier molecular flexibility index (Phi) is 5.51. The number of nitriles is 1. The van der Waals surface area contributed by atoms with Gasteiger partial charge < -0.3 is 4.74 Å². The van der Waals surface area contributed by atoms with Crippen molar-refractivity contribution in [3.05, 3.63) is 34.9 Å². The Hall–Kier alpha value is -1.53. The molecule has 0 radical (unpaired) electrons. The molecule has 0 spiro atoms. The third-order valence-electron chi connectivity index (χ3n) is 2.30. The second-order valence-corrected chi connectivity index (χ2v) is 3.88. The predicted octanol–water partition coefficient (Wildman–Crippen LogP) is 2.91. The topological polar surface area (TPSA) is 50.1 Å². The van der Waals surface area contributed by atoms with Crippen LogP contribution in [0, 0.1) is 11.3 Å². The molecule has 4 heteroatoms. The van der Waals surface area contributed by atoms with Crippen LogP contribution in [0.5, 0.6) is 0 Å². The first-order chi connectivity index (χ1) is 8.22. The van der Waals surface area contributed by atoms with E-state index >= 15 is 0 Å². The number of esters is 1. The Balaban J connectivity index is 2.98. The monoisotopic (exact) mass is 251 g/mol. The summed E-state index contributed by atoms with van der Waals surface area (Å²) >= 11 is 5.62. The van der Waals surface area contributed by atoms with Gasteiger partial charge in [-0.3, -0.25) is 0 Å². The molecule has 3 nitrogen and oxygen atoms in total. The van der Waals surface area contributed by atoms with E-state index in [1.165, 1.54) is 0 Å². The fourth-order valence-electron chi connectivity index (χ4n) is 1.49. The van der Waals surface area contributed by atoms with Crippen molar-refractivity contribution in [2.24, 2.45) is 0 Å². The van der Waals surface area contributed by atoms with Gasteiger partial charge in [-0.25, -0.2) is 4.79 Å². The number of nitrogens with zero attached hydrogens (tertiary/aromatic N) is 1. The van der Waals surface area contributed by atoms with Gasteiger partial charge >= 0.3 is 5.97 Å². The normalized spacial score (nSPS) is 9.71. The van der Waals surface area contributed by atoms with E-state index in [4.69, 9.17) is 21.6 Å². The average molecular weight is 252 g/mol. The van der Waals surface area contributed by atoms with Gasteiger partial charge in [0.25, 0.3) is 0 Å². The molecule has 0 aliphatic rings. The number of ether oxygens (including phenoxy) is 1. The fraction of sp³-hybridized carbons (Fsp3) is 0.385. The first-order valence-electron chi connectivity index (χ1n) is 5.49. The summed E-state index contributed by atoms with van der Waals surface area (Å²) in [6, 6.07) is 7.19. The van der Waals surface area contributed by atoms with Crippen LogP contribution in [-0.2, 0) is 11.2 Å². The maximum absolute atomic E-state index is 11.7. The third-order valence-corrected chi connectivity index (χ3v) is 2.57. The molecule has 17 heavy (non-hydrogen) atoms.